The number of carbonyl (C=O) groups is 2. The van der Waals surface area contributed by atoms with Crippen LogP contribution in [0.5, 0.6) is 0 Å². The van der Waals surface area contributed by atoms with Gasteiger partial charge in [-0.25, -0.2) is 0 Å². The van der Waals surface area contributed by atoms with E-state index in [1.165, 1.54) is 14.2 Å². The Kier molecular flexibility index (Phi) is 5.87. The average Bonchev–Trinajstić information content (AvgIpc) is 2.16. The minimum atomic E-state index is -0.359. The minimum Gasteiger partial charge on any atom is -0.468 e. The van der Waals surface area contributed by atoms with Gasteiger partial charge in [0.1, 0.15) is 0 Å². The third-order valence-corrected chi connectivity index (χ3v) is 1.85. The molecule has 14 heavy (non-hydrogen) atoms. The summed E-state index contributed by atoms with van der Waals surface area (Å²) in [6.45, 7) is 3.99. The van der Waals surface area contributed by atoms with E-state index in [1.807, 2.05) is 13.8 Å². The van der Waals surface area contributed by atoms with Crippen LogP contribution in [-0.4, -0.2) is 50.2 Å². The molecular formula is C9H17NO4. The molecule has 0 heterocycles. The first-order chi connectivity index (χ1) is 6.51. The van der Waals surface area contributed by atoms with Gasteiger partial charge in [-0.2, -0.15) is 0 Å². The monoisotopic (exact) mass is 203 g/mol. The fraction of sp³-hybridized carbons (Fsp3) is 0.778. The van der Waals surface area contributed by atoms with Crippen molar-refractivity contribution in [3.63, 3.8) is 0 Å². The van der Waals surface area contributed by atoms with Crippen molar-refractivity contribution in [3.05, 3.63) is 0 Å². The molecule has 0 bridgehead atoms. The van der Waals surface area contributed by atoms with Gasteiger partial charge >= 0.3 is 11.9 Å². The van der Waals surface area contributed by atoms with Crippen molar-refractivity contribution in [2.75, 3.05) is 27.3 Å². The zero-order chi connectivity index (χ0) is 11.1. The average molecular weight is 203 g/mol. The highest BCUT2D eigenvalue weighted by Crippen LogP contribution is 1.98. The second-order valence-corrected chi connectivity index (χ2v) is 3.15. The van der Waals surface area contributed by atoms with Crippen LogP contribution in [-0.2, 0) is 19.1 Å². The molecule has 0 saturated heterocycles. The van der Waals surface area contributed by atoms with E-state index in [0.717, 1.165) is 0 Å². The van der Waals surface area contributed by atoms with Gasteiger partial charge in [0.2, 0.25) is 0 Å². The summed E-state index contributed by atoms with van der Waals surface area (Å²) in [5.74, 6) is -0.717. The second-order valence-electron chi connectivity index (χ2n) is 3.15. The van der Waals surface area contributed by atoms with Gasteiger partial charge in [0.25, 0.3) is 0 Å². The second kappa shape index (κ2) is 6.37. The van der Waals surface area contributed by atoms with Gasteiger partial charge < -0.3 is 9.47 Å². The predicted molar refractivity (Wildman–Crippen MR) is 50.7 cm³/mol. The van der Waals surface area contributed by atoms with Crippen LogP contribution in [0.25, 0.3) is 0 Å². The highest BCUT2D eigenvalue weighted by molar-refractivity contribution is 5.74. The standard InChI is InChI=1S/C9H17NO4/c1-7(2)10(5-8(11)13-3)6-9(12)14-4/h7H,5-6H2,1-4H3. The van der Waals surface area contributed by atoms with E-state index in [0.29, 0.717) is 0 Å². The van der Waals surface area contributed by atoms with Crippen LogP contribution >= 0.6 is 0 Å². The molecule has 0 spiro atoms. The molecule has 0 aliphatic carbocycles. The maximum absolute atomic E-state index is 11.0. The number of hydrogen-bond acceptors (Lipinski definition) is 5. The first kappa shape index (κ1) is 12.9. The number of nitrogens with zero attached hydrogens (tertiary/aromatic N) is 1. The largest absolute Gasteiger partial charge is 0.468 e. The van der Waals surface area contributed by atoms with E-state index >= 15 is 0 Å². The Morgan fingerprint density at radius 3 is 1.64 bits per heavy atom. The Hall–Kier alpha value is -1.10. The van der Waals surface area contributed by atoms with Gasteiger partial charge in [0.15, 0.2) is 0 Å². The molecule has 0 aliphatic heterocycles. The third kappa shape index (κ3) is 4.81. The van der Waals surface area contributed by atoms with E-state index < -0.39 is 0 Å². The first-order valence-corrected chi connectivity index (χ1v) is 4.39. The molecule has 0 radical (unpaired) electrons. The number of hydrogen-bond donors (Lipinski definition) is 0. The summed E-state index contributed by atoms with van der Waals surface area (Å²) in [4.78, 5) is 23.6. The lowest BCUT2D eigenvalue weighted by Crippen LogP contribution is -2.40. The molecule has 5 heteroatoms. The highest BCUT2D eigenvalue weighted by Gasteiger charge is 2.17. The fourth-order valence-corrected chi connectivity index (χ4v) is 0.882. The minimum absolute atomic E-state index is 0.0909. The summed E-state index contributed by atoms with van der Waals surface area (Å²) in [7, 11) is 2.64. The van der Waals surface area contributed by atoms with Gasteiger partial charge in [-0.05, 0) is 13.8 Å². The van der Waals surface area contributed by atoms with E-state index in [1.54, 1.807) is 4.90 Å². The van der Waals surface area contributed by atoms with Gasteiger partial charge in [0.05, 0.1) is 27.3 Å². The lowest BCUT2D eigenvalue weighted by molar-refractivity contribution is -0.146. The summed E-state index contributed by atoms with van der Waals surface area (Å²) in [6, 6.07) is 0.0909. The zero-order valence-electron chi connectivity index (χ0n) is 9.07. The van der Waals surface area contributed by atoms with Crippen LogP contribution in [0.15, 0.2) is 0 Å². The molecule has 0 atom stereocenters. The molecular weight excluding hydrogens is 186 g/mol. The van der Waals surface area contributed by atoms with Gasteiger partial charge in [-0.15, -0.1) is 0 Å². The molecule has 0 amide bonds. The van der Waals surface area contributed by atoms with Crippen LogP contribution < -0.4 is 0 Å². The van der Waals surface area contributed by atoms with E-state index in [-0.39, 0.29) is 31.1 Å². The lowest BCUT2D eigenvalue weighted by atomic mass is 10.3. The summed E-state index contributed by atoms with van der Waals surface area (Å²) < 4.78 is 9.03. The maximum atomic E-state index is 11.0. The van der Waals surface area contributed by atoms with Crippen molar-refractivity contribution in [1.29, 1.82) is 0 Å². The van der Waals surface area contributed by atoms with Crippen LogP contribution in [0.4, 0.5) is 0 Å². The summed E-state index contributed by atoms with van der Waals surface area (Å²) in [5.41, 5.74) is 0. The van der Waals surface area contributed by atoms with E-state index in [2.05, 4.69) is 9.47 Å². The quantitative estimate of drug-likeness (QED) is 0.591. The Labute approximate surface area is 84.0 Å². The number of ether oxygens (including phenoxy) is 2. The molecule has 0 aromatic heterocycles. The normalized spacial score (nSPS) is 10.4. The fourth-order valence-electron chi connectivity index (χ4n) is 0.882. The summed E-state index contributed by atoms with van der Waals surface area (Å²) in [6.07, 6.45) is 0. The molecule has 0 aromatic carbocycles. The molecule has 0 aliphatic rings. The molecule has 0 aromatic rings. The third-order valence-electron chi connectivity index (χ3n) is 1.85. The summed E-state index contributed by atoms with van der Waals surface area (Å²) >= 11 is 0. The summed E-state index contributed by atoms with van der Waals surface area (Å²) in [5, 5.41) is 0. The molecule has 82 valence electrons. The molecule has 0 fully saturated rings. The Morgan fingerprint density at radius 1 is 1.07 bits per heavy atom. The van der Waals surface area contributed by atoms with Crippen molar-refractivity contribution < 1.29 is 19.1 Å². The Balaban J connectivity index is 4.16. The first-order valence-electron chi connectivity index (χ1n) is 4.39. The molecule has 0 rings (SSSR count). The van der Waals surface area contributed by atoms with Crippen LogP contribution in [0, 0.1) is 0 Å². The van der Waals surface area contributed by atoms with Crippen LogP contribution in [0.2, 0.25) is 0 Å². The Morgan fingerprint density at radius 2 is 1.43 bits per heavy atom. The lowest BCUT2D eigenvalue weighted by Gasteiger charge is -2.23. The smallest absolute Gasteiger partial charge is 0.319 e. The predicted octanol–water partition coefficient (Wildman–Crippen LogP) is 0.0428. The van der Waals surface area contributed by atoms with Gasteiger partial charge in [-0.1, -0.05) is 0 Å². The van der Waals surface area contributed by atoms with Crippen LogP contribution in [0.1, 0.15) is 13.8 Å². The van der Waals surface area contributed by atoms with Crippen molar-refractivity contribution >= 4 is 11.9 Å². The zero-order valence-corrected chi connectivity index (χ0v) is 9.07. The highest BCUT2D eigenvalue weighted by atomic mass is 16.5. The SMILES string of the molecule is COC(=O)CN(CC(=O)OC)C(C)C. The van der Waals surface area contributed by atoms with Crippen molar-refractivity contribution in [3.8, 4) is 0 Å². The Bertz CT molecular complexity index is 185. The molecule has 5 nitrogen and oxygen atoms in total. The van der Waals surface area contributed by atoms with E-state index in [9.17, 15) is 9.59 Å². The number of methoxy groups -OCH3 is 2. The van der Waals surface area contributed by atoms with Crippen LogP contribution in [0.3, 0.4) is 0 Å². The number of rotatable bonds is 5. The molecule has 0 N–H and O–H groups in total. The maximum Gasteiger partial charge on any atom is 0.319 e. The number of esters is 2. The topological polar surface area (TPSA) is 55.8 Å². The van der Waals surface area contributed by atoms with Crippen molar-refractivity contribution in [2.45, 2.75) is 19.9 Å². The van der Waals surface area contributed by atoms with Gasteiger partial charge in [0, 0.05) is 6.04 Å². The van der Waals surface area contributed by atoms with Crippen molar-refractivity contribution in [1.82, 2.24) is 4.90 Å². The van der Waals surface area contributed by atoms with Crippen molar-refractivity contribution in [2.24, 2.45) is 0 Å². The molecule has 0 saturated carbocycles. The molecule has 0 unspecified atom stereocenters. The number of carbonyl (C=O) groups excluding carboxylic acids is 2. The van der Waals surface area contributed by atoms with Gasteiger partial charge in [-0.3, -0.25) is 14.5 Å². The van der Waals surface area contributed by atoms with E-state index in [4.69, 9.17) is 0 Å².